The SMILES string of the molecule is CC(C)(C)c1ccc(C(=O)Nc2cccc(NC(=S)NC(=O)c3ccc(-c4cccc([N+](=O)[O-])c4)o3)c2)cc1. The Hall–Kier alpha value is -4.83. The number of hydrogen-bond donors (Lipinski definition) is 3. The van der Waals surface area contributed by atoms with Crippen molar-refractivity contribution in [3.05, 3.63) is 112 Å². The average Bonchev–Trinajstić information content (AvgIpc) is 3.39. The van der Waals surface area contributed by atoms with Gasteiger partial charge < -0.3 is 15.1 Å². The number of furan rings is 1. The fourth-order valence-corrected chi connectivity index (χ4v) is 3.92. The van der Waals surface area contributed by atoms with Crippen LogP contribution in [0.3, 0.4) is 0 Å². The number of non-ortho nitro benzene ring substituents is 1. The number of nitrogens with zero attached hydrogens (tertiary/aromatic N) is 1. The van der Waals surface area contributed by atoms with Gasteiger partial charge >= 0.3 is 0 Å². The second-order valence-electron chi connectivity index (χ2n) is 9.74. The molecule has 0 unspecified atom stereocenters. The van der Waals surface area contributed by atoms with Gasteiger partial charge in [-0.05, 0) is 65.7 Å². The van der Waals surface area contributed by atoms with Crippen molar-refractivity contribution in [3.8, 4) is 11.3 Å². The van der Waals surface area contributed by atoms with E-state index in [0.29, 0.717) is 28.3 Å². The molecule has 0 saturated carbocycles. The van der Waals surface area contributed by atoms with E-state index in [1.807, 2.05) is 12.1 Å². The van der Waals surface area contributed by atoms with Gasteiger partial charge in [-0.1, -0.05) is 51.1 Å². The third kappa shape index (κ3) is 6.93. The van der Waals surface area contributed by atoms with E-state index in [-0.39, 0.29) is 27.9 Å². The number of thiocarbonyl (C=S) groups is 1. The van der Waals surface area contributed by atoms with Crippen LogP contribution in [0.1, 0.15) is 47.2 Å². The number of benzene rings is 3. The Morgan fingerprint density at radius 2 is 1.51 bits per heavy atom. The number of hydrogen-bond acceptors (Lipinski definition) is 6. The maximum absolute atomic E-state index is 12.7. The molecule has 0 saturated heterocycles. The van der Waals surface area contributed by atoms with Crippen LogP contribution in [0.2, 0.25) is 0 Å². The van der Waals surface area contributed by atoms with Gasteiger partial charge in [0.05, 0.1) is 4.92 Å². The summed E-state index contributed by atoms with van der Waals surface area (Å²) in [6.07, 6.45) is 0. The lowest BCUT2D eigenvalue weighted by molar-refractivity contribution is -0.384. The van der Waals surface area contributed by atoms with Crippen molar-refractivity contribution in [2.24, 2.45) is 0 Å². The van der Waals surface area contributed by atoms with Crippen LogP contribution in [0, 0.1) is 10.1 Å². The summed E-state index contributed by atoms with van der Waals surface area (Å²) < 4.78 is 5.58. The number of carbonyl (C=O) groups excluding carboxylic acids is 2. The maximum atomic E-state index is 12.7. The monoisotopic (exact) mass is 542 g/mol. The third-order valence-electron chi connectivity index (χ3n) is 5.79. The highest BCUT2D eigenvalue weighted by molar-refractivity contribution is 7.80. The number of anilines is 2. The van der Waals surface area contributed by atoms with Crippen molar-refractivity contribution in [1.82, 2.24) is 5.32 Å². The fourth-order valence-electron chi connectivity index (χ4n) is 3.71. The van der Waals surface area contributed by atoms with E-state index in [4.69, 9.17) is 16.6 Å². The Morgan fingerprint density at radius 3 is 2.18 bits per heavy atom. The van der Waals surface area contributed by atoms with Crippen molar-refractivity contribution in [2.75, 3.05) is 10.6 Å². The lowest BCUT2D eigenvalue weighted by atomic mass is 9.87. The van der Waals surface area contributed by atoms with Crippen molar-refractivity contribution in [1.29, 1.82) is 0 Å². The van der Waals surface area contributed by atoms with E-state index in [2.05, 4.69) is 36.7 Å². The molecule has 0 aliphatic carbocycles. The molecule has 1 heterocycles. The maximum Gasteiger partial charge on any atom is 0.293 e. The number of nitro benzene ring substituents is 1. The van der Waals surface area contributed by atoms with Gasteiger partial charge in [-0.3, -0.25) is 25.0 Å². The predicted molar refractivity (Wildman–Crippen MR) is 154 cm³/mol. The third-order valence-corrected chi connectivity index (χ3v) is 5.99. The summed E-state index contributed by atoms with van der Waals surface area (Å²) in [7, 11) is 0. The first-order valence-electron chi connectivity index (χ1n) is 12.0. The number of nitrogens with one attached hydrogen (secondary N) is 3. The van der Waals surface area contributed by atoms with E-state index >= 15 is 0 Å². The highest BCUT2D eigenvalue weighted by Crippen LogP contribution is 2.26. The second kappa shape index (κ2) is 11.3. The summed E-state index contributed by atoms with van der Waals surface area (Å²) in [5, 5.41) is 19.3. The molecule has 9 nitrogen and oxygen atoms in total. The van der Waals surface area contributed by atoms with E-state index in [0.717, 1.165) is 5.56 Å². The molecule has 0 bridgehead atoms. The molecule has 3 N–H and O–H groups in total. The van der Waals surface area contributed by atoms with Gasteiger partial charge in [0.25, 0.3) is 17.5 Å². The Morgan fingerprint density at radius 1 is 0.846 bits per heavy atom. The molecule has 39 heavy (non-hydrogen) atoms. The molecule has 198 valence electrons. The van der Waals surface area contributed by atoms with Gasteiger partial charge in [-0.2, -0.15) is 0 Å². The molecule has 0 radical (unpaired) electrons. The smallest absolute Gasteiger partial charge is 0.293 e. The highest BCUT2D eigenvalue weighted by atomic mass is 32.1. The van der Waals surface area contributed by atoms with Crippen LogP contribution >= 0.6 is 12.2 Å². The zero-order valence-electron chi connectivity index (χ0n) is 21.5. The molecule has 2 amide bonds. The molecular weight excluding hydrogens is 516 g/mol. The number of nitro groups is 1. The fraction of sp³-hybridized carbons (Fsp3) is 0.138. The largest absolute Gasteiger partial charge is 0.451 e. The molecule has 0 aliphatic heterocycles. The highest BCUT2D eigenvalue weighted by Gasteiger charge is 2.17. The molecular formula is C29H26N4O5S. The van der Waals surface area contributed by atoms with Crippen LogP contribution in [0.25, 0.3) is 11.3 Å². The number of carbonyl (C=O) groups is 2. The minimum Gasteiger partial charge on any atom is -0.451 e. The lowest BCUT2D eigenvalue weighted by Crippen LogP contribution is -2.33. The number of rotatable bonds is 6. The summed E-state index contributed by atoms with van der Waals surface area (Å²) in [5.74, 6) is -0.549. The van der Waals surface area contributed by atoms with Crippen molar-refractivity contribution < 1.29 is 18.9 Å². The zero-order chi connectivity index (χ0) is 28.2. The second-order valence-corrected chi connectivity index (χ2v) is 10.2. The van der Waals surface area contributed by atoms with E-state index < -0.39 is 10.8 Å². The van der Waals surface area contributed by atoms with Gasteiger partial charge in [0.2, 0.25) is 0 Å². The Labute approximate surface area is 230 Å². The molecule has 0 fully saturated rings. The Balaban J connectivity index is 1.36. The predicted octanol–water partition coefficient (Wildman–Crippen LogP) is 6.53. The van der Waals surface area contributed by atoms with Crippen LogP contribution in [-0.4, -0.2) is 21.9 Å². The van der Waals surface area contributed by atoms with Gasteiger partial charge in [-0.25, -0.2) is 0 Å². The van der Waals surface area contributed by atoms with E-state index in [1.165, 1.54) is 24.3 Å². The summed E-state index contributed by atoms with van der Waals surface area (Å²) >= 11 is 5.26. The van der Waals surface area contributed by atoms with Gasteiger partial charge in [0.1, 0.15) is 5.76 Å². The first-order chi connectivity index (χ1) is 18.5. The van der Waals surface area contributed by atoms with Crippen LogP contribution in [0.15, 0.2) is 89.3 Å². The standard InChI is InChI=1S/C29H26N4O5S/c1-29(2,3)20-12-10-18(11-13-20)26(34)30-21-7-5-8-22(17-21)31-28(39)32-27(35)25-15-14-24(38-25)19-6-4-9-23(16-19)33(36)37/h4-17H,1-3H3,(H,30,34)(H2,31,32,35,39). The normalized spacial score (nSPS) is 10.9. The van der Waals surface area contributed by atoms with Gasteiger partial charge in [-0.15, -0.1) is 0 Å². The Bertz CT molecular complexity index is 1550. The lowest BCUT2D eigenvalue weighted by Gasteiger charge is -2.19. The van der Waals surface area contributed by atoms with E-state index in [9.17, 15) is 19.7 Å². The summed E-state index contributed by atoms with van der Waals surface area (Å²) in [6, 6.07) is 23.3. The van der Waals surface area contributed by atoms with Gasteiger partial charge in [0, 0.05) is 34.6 Å². The van der Waals surface area contributed by atoms with Gasteiger partial charge in [0.15, 0.2) is 10.9 Å². The Kier molecular flexibility index (Phi) is 7.87. The summed E-state index contributed by atoms with van der Waals surface area (Å²) in [6.45, 7) is 6.33. The first-order valence-corrected chi connectivity index (χ1v) is 12.4. The van der Waals surface area contributed by atoms with Crippen LogP contribution < -0.4 is 16.0 Å². The van der Waals surface area contributed by atoms with Crippen LogP contribution in [0.4, 0.5) is 17.1 Å². The van der Waals surface area contributed by atoms with Crippen molar-refractivity contribution >= 4 is 46.2 Å². The van der Waals surface area contributed by atoms with Crippen molar-refractivity contribution in [3.63, 3.8) is 0 Å². The quantitative estimate of drug-likeness (QED) is 0.144. The number of amides is 2. The topological polar surface area (TPSA) is 127 Å². The molecule has 4 rings (SSSR count). The molecule has 3 aromatic carbocycles. The molecule has 4 aromatic rings. The minimum atomic E-state index is -0.590. The minimum absolute atomic E-state index is 0.00680. The molecule has 1 aromatic heterocycles. The van der Waals surface area contributed by atoms with Crippen LogP contribution in [0.5, 0.6) is 0 Å². The van der Waals surface area contributed by atoms with E-state index in [1.54, 1.807) is 48.5 Å². The first kappa shape index (κ1) is 27.2. The molecule has 0 atom stereocenters. The average molecular weight is 543 g/mol. The molecule has 0 spiro atoms. The molecule has 10 heteroatoms. The summed E-state index contributed by atoms with van der Waals surface area (Å²) in [4.78, 5) is 35.8. The van der Waals surface area contributed by atoms with Crippen molar-refractivity contribution in [2.45, 2.75) is 26.2 Å². The summed E-state index contributed by atoms with van der Waals surface area (Å²) in [5.41, 5.74) is 3.14. The molecule has 0 aliphatic rings. The zero-order valence-corrected chi connectivity index (χ0v) is 22.3. The van der Waals surface area contributed by atoms with Crippen LogP contribution in [-0.2, 0) is 5.41 Å².